The first-order valence-corrected chi connectivity index (χ1v) is 7.63. The quantitative estimate of drug-likeness (QED) is 0.869. The highest BCUT2D eigenvalue weighted by Crippen LogP contribution is 2.24. The van der Waals surface area contributed by atoms with E-state index in [1.54, 1.807) is 30.0 Å². The molecule has 0 saturated carbocycles. The third-order valence-electron chi connectivity index (χ3n) is 2.25. The van der Waals surface area contributed by atoms with Crippen LogP contribution in [0.2, 0.25) is 10.0 Å². The lowest BCUT2D eigenvalue weighted by atomic mass is 10.2. The number of hydrogen-bond acceptors (Lipinski definition) is 3. The van der Waals surface area contributed by atoms with E-state index in [9.17, 15) is 4.79 Å². The predicted octanol–water partition coefficient (Wildman–Crippen LogP) is 3.76. The van der Waals surface area contributed by atoms with Crippen molar-refractivity contribution in [3.05, 3.63) is 28.2 Å². The number of anilines is 1. The molecule has 1 atom stereocenters. The van der Waals surface area contributed by atoms with Crippen LogP contribution in [0.1, 0.15) is 6.42 Å². The summed E-state index contributed by atoms with van der Waals surface area (Å²) in [6.45, 7) is 0. The summed E-state index contributed by atoms with van der Waals surface area (Å²) in [4.78, 5) is 11.7. The molecule has 4 nitrogen and oxygen atoms in total. The van der Waals surface area contributed by atoms with Gasteiger partial charge in [-0.15, -0.1) is 0 Å². The average molecular weight is 318 g/mol. The standard InChI is InChI=1S/C12H13Cl2N3OS/c1-19-5-4-9(7-15)17-12(18)16-8-2-3-10(13)11(14)6-8/h2-3,6,9H,4-5H2,1H3,(H2,16,17,18). The molecule has 1 aromatic rings. The maximum Gasteiger partial charge on any atom is 0.320 e. The zero-order chi connectivity index (χ0) is 14.3. The molecule has 2 N–H and O–H groups in total. The number of amides is 2. The molecule has 0 aromatic heterocycles. The van der Waals surface area contributed by atoms with Crippen molar-refractivity contribution in [1.82, 2.24) is 5.32 Å². The Balaban J connectivity index is 2.54. The zero-order valence-electron chi connectivity index (χ0n) is 10.2. The van der Waals surface area contributed by atoms with Crippen molar-refractivity contribution in [2.75, 3.05) is 17.3 Å². The summed E-state index contributed by atoms with van der Waals surface area (Å²) in [6, 6.07) is 5.87. The van der Waals surface area contributed by atoms with E-state index in [-0.39, 0.29) is 0 Å². The summed E-state index contributed by atoms with van der Waals surface area (Å²) in [5.74, 6) is 0.811. The van der Waals surface area contributed by atoms with Crippen molar-refractivity contribution < 1.29 is 4.79 Å². The lowest BCUT2D eigenvalue weighted by Gasteiger charge is -2.12. The minimum atomic E-state index is -0.504. The van der Waals surface area contributed by atoms with Gasteiger partial charge in [0.05, 0.1) is 16.1 Å². The number of carbonyl (C=O) groups excluding carboxylic acids is 1. The highest BCUT2D eigenvalue weighted by molar-refractivity contribution is 7.98. The third kappa shape index (κ3) is 5.60. The Morgan fingerprint density at radius 3 is 2.79 bits per heavy atom. The summed E-state index contributed by atoms with van der Waals surface area (Å²) in [6.07, 6.45) is 2.55. The van der Waals surface area contributed by atoms with Crippen molar-refractivity contribution in [2.24, 2.45) is 0 Å². The molecule has 0 aliphatic heterocycles. The van der Waals surface area contributed by atoms with Crippen LogP contribution in [0, 0.1) is 11.3 Å². The van der Waals surface area contributed by atoms with Gasteiger partial charge < -0.3 is 10.6 Å². The van der Waals surface area contributed by atoms with Crippen LogP contribution >= 0.6 is 35.0 Å². The highest BCUT2D eigenvalue weighted by atomic mass is 35.5. The molecule has 0 aliphatic carbocycles. The molecule has 1 aromatic carbocycles. The van der Waals surface area contributed by atoms with Crippen molar-refractivity contribution in [3.63, 3.8) is 0 Å². The van der Waals surface area contributed by atoms with Crippen LogP contribution in [-0.2, 0) is 0 Å². The van der Waals surface area contributed by atoms with Crippen LogP contribution in [0.4, 0.5) is 10.5 Å². The number of carbonyl (C=O) groups is 1. The third-order valence-corrected chi connectivity index (χ3v) is 3.63. The Labute approximate surface area is 126 Å². The molecule has 0 heterocycles. The number of rotatable bonds is 5. The second-order valence-corrected chi connectivity index (χ2v) is 5.49. The molecule has 0 radical (unpaired) electrons. The smallest absolute Gasteiger partial charge is 0.320 e. The van der Waals surface area contributed by atoms with E-state index < -0.39 is 12.1 Å². The molecule has 1 unspecified atom stereocenters. The van der Waals surface area contributed by atoms with Crippen LogP contribution in [-0.4, -0.2) is 24.1 Å². The Kier molecular flexibility index (Phi) is 6.85. The zero-order valence-corrected chi connectivity index (χ0v) is 12.6. The molecule has 2 amide bonds. The van der Waals surface area contributed by atoms with Gasteiger partial charge in [0, 0.05) is 5.69 Å². The number of urea groups is 1. The molecule has 0 bridgehead atoms. The number of thioether (sulfide) groups is 1. The molecule has 7 heteroatoms. The summed E-state index contributed by atoms with van der Waals surface area (Å²) >= 11 is 13.2. The van der Waals surface area contributed by atoms with Crippen LogP contribution in [0.3, 0.4) is 0 Å². The molecule has 19 heavy (non-hydrogen) atoms. The van der Waals surface area contributed by atoms with Gasteiger partial charge in [-0.25, -0.2) is 4.79 Å². The Hall–Kier alpha value is -1.09. The van der Waals surface area contributed by atoms with Gasteiger partial charge in [-0.3, -0.25) is 0 Å². The van der Waals surface area contributed by atoms with Gasteiger partial charge in [-0.1, -0.05) is 23.2 Å². The largest absolute Gasteiger partial charge is 0.322 e. The lowest BCUT2D eigenvalue weighted by molar-refractivity contribution is 0.250. The van der Waals surface area contributed by atoms with E-state index in [0.29, 0.717) is 22.2 Å². The predicted molar refractivity (Wildman–Crippen MR) is 81.0 cm³/mol. The monoisotopic (exact) mass is 317 g/mol. The molecular weight excluding hydrogens is 305 g/mol. The Bertz CT molecular complexity index is 490. The van der Waals surface area contributed by atoms with Crippen LogP contribution in [0.5, 0.6) is 0 Å². The first-order chi connectivity index (χ1) is 9.06. The lowest BCUT2D eigenvalue weighted by Crippen LogP contribution is -2.37. The summed E-state index contributed by atoms with van der Waals surface area (Å²) in [7, 11) is 0. The summed E-state index contributed by atoms with van der Waals surface area (Å²) < 4.78 is 0. The van der Waals surface area contributed by atoms with Crippen molar-refractivity contribution in [3.8, 4) is 6.07 Å². The topological polar surface area (TPSA) is 64.9 Å². The van der Waals surface area contributed by atoms with Gasteiger partial charge in [-0.2, -0.15) is 17.0 Å². The first kappa shape index (κ1) is 16.0. The maximum atomic E-state index is 11.7. The molecule has 0 fully saturated rings. The van der Waals surface area contributed by atoms with E-state index in [2.05, 4.69) is 10.6 Å². The number of hydrogen-bond donors (Lipinski definition) is 2. The van der Waals surface area contributed by atoms with Gasteiger partial charge in [0.25, 0.3) is 0 Å². The van der Waals surface area contributed by atoms with Crippen LogP contribution in [0.25, 0.3) is 0 Å². The minimum Gasteiger partial charge on any atom is -0.322 e. The Morgan fingerprint density at radius 2 is 2.21 bits per heavy atom. The molecule has 0 spiro atoms. The van der Waals surface area contributed by atoms with Gasteiger partial charge in [0.1, 0.15) is 6.04 Å². The SMILES string of the molecule is CSCCC(C#N)NC(=O)Nc1ccc(Cl)c(Cl)c1. The molecule has 0 saturated heterocycles. The fourth-order valence-electron chi connectivity index (χ4n) is 1.30. The number of nitriles is 1. The van der Waals surface area contributed by atoms with Crippen molar-refractivity contribution >= 4 is 46.7 Å². The van der Waals surface area contributed by atoms with Gasteiger partial charge in [0.2, 0.25) is 0 Å². The second-order valence-electron chi connectivity index (χ2n) is 3.69. The number of halogens is 2. The number of benzene rings is 1. The highest BCUT2D eigenvalue weighted by Gasteiger charge is 2.11. The molecular formula is C12H13Cl2N3OS. The summed E-state index contributed by atoms with van der Waals surface area (Å²) in [5.41, 5.74) is 0.522. The molecule has 1 rings (SSSR count). The average Bonchev–Trinajstić information content (AvgIpc) is 2.38. The number of nitrogens with one attached hydrogen (secondary N) is 2. The minimum absolute atomic E-state index is 0.360. The van der Waals surface area contributed by atoms with Crippen LogP contribution in [0.15, 0.2) is 18.2 Å². The first-order valence-electron chi connectivity index (χ1n) is 5.48. The summed E-state index contributed by atoms with van der Waals surface area (Å²) in [5, 5.41) is 14.9. The Morgan fingerprint density at radius 1 is 1.47 bits per heavy atom. The van der Waals surface area contributed by atoms with E-state index >= 15 is 0 Å². The van der Waals surface area contributed by atoms with Gasteiger partial charge in [0.15, 0.2) is 0 Å². The van der Waals surface area contributed by atoms with E-state index in [4.69, 9.17) is 28.5 Å². The van der Waals surface area contributed by atoms with Crippen molar-refractivity contribution in [2.45, 2.75) is 12.5 Å². The normalized spacial score (nSPS) is 11.5. The fourth-order valence-corrected chi connectivity index (χ4v) is 2.07. The van der Waals surface area contributed by atoms with E-state index in [0.717, 1.165) is 5.75 Å². The van der Waals surface area contributed by atoms with Gasteiger partial charge >= 0.3 is 6.03 Å². The number of nitrogens with zero attached hydrogens (tertiary/aromatic N) is 1. The fraction of sp³-hybridized carbons (Fsp3) is 0.333. The maximum absolute atomic E-state index is 11.7. The van der Waals surface area contributed by atoms with Gasteiger partial charge in [-0.05, 0) is 36.6 Å². The van der Waals surface area contributed by atoms with E-state index in [1.807, 2.05) is 12.3 Å². The van der Waals surface area contributed by atoms with E-state index in [1.165, 1.54) is 0 Å². The molecule has 102 valence electrons. The van der Waals surface area contributed by atoms with Crippen LogP contribution < -0.4 is 10.6 Å². The molecule has 0 aliphatic rings. The second kappa shape index (κ2) is 8.16. The van der Waals surface area contributed by atoms with Crippen molar-refractivity contribution in [1.29, 1.82) is 5.26 Å².